The molecule has 3 unspecified atom stereocenters. The molecule has 1 fully saturated rings. The number of aromatic nitrogens is 2. The number of nitrogens with zero attached hydrogens (tertiary/aromatic N) is 5. The van der Waals surface area contributed by atoms with Gasteiger partial charge >= 0.3 is 0 Å². The first-order valence-electron chi connectivity index (χ1n) is 21.4. The minimum Gasteiger partial charge on any atom is -0.309 e. The van der Waals surface area contributed by atoms with Crippen LogP contribution in [0, 0.1) is 0 Å². The Kier molecular flexibility index (Phi) is 7.74. The standard InChI is InChI=1S/C57H39N5/c1-4-15-38(16-5-1)39-27-29-40(30-28-39)42-19-14-20-45(35-42)56-61-55(41-17-6-2-7-18-41)58-57(62(56)61)60-52-26-13-11-24-48(52)50-37-44(32-34-54(50)60)43-31-33-53-49(36-43)47-23-10-12-25-51(47)59(53)46-21-8-3-9-22-46/h1-37,55-56H. The summed E-state index contributed by atoms with van der Waals surface area (Å²) >= 11 is 0. The number of fused-ring (bicyclic) bond motifs is 7. The zero-order valence-corrected chi connectivity index (χ0v) is 33.8. The predicted octanol–water partition coefficient (Wildman–Crippen LogP) is 14.0. The van der Waals surface area contributed by atoms with Crippen LogP contribution >= 0.6 is 0 Å². The number of para-hydroxylation sites is 3. The molecule has 5 heteroatoms. The Morgan fingerprint density at radius 1 is 0.323 bits per heavy atom. The normalized spacial score (nSPS) is 16.9. The lowest BCUT2D eigenvalue weighted by Gasteiger charge is -2.14. The van der Waals surface area contributed by atoms with Crippen molar-refractivity contribution >= 4 is 49.6 Å². The summed E-state index contributed by atoms with van der Waals surface area (Å²) in [6.07, 6.45) is -0.110. The lowest BCUT2D eigenvalue weighted by atomic mass is 9.99. The molecule has 11 aromatic rings. The van der Waals surface area contributed by atoms with Gasteiger partial charge in [0.05, 0.1) is 22.1 Å². The fourth-order valence-corrected chi connectivity index (χ4v) is 9.92. The number of aliphatic imine (C=N–C) groups is 1. The van der Waals surface area contributed by atoms with E-state index in [-0.39, 0.29) is 12.3 Å². The Bertz CT molecular complexity index is 3530. The Morgan fingerprint density at radius 3 is 1.44 bits per heavy atom. The maximum atomic E-state index is 5.53. The molecule has 2 aliphatic rings. The lowest BCUT2D eigenvalue weighted by Crippen LogP contribution is -2.20. The average molecular weight is 794 g/mol. The smallest absolute Gasteiger partial charge is 0.224 e. The summed E-state index contributed by atoms with van der Waals surface area (Å²) in [4.78, 5) is 5.53. The molecule has 5 nitrogen and oxygen atoms in total. The van der Waals surface area contributed by atoms with Gasteiger partial charge in [-0.1, -0.05) is 170 Å². The molecule has 9 aromatic carbocycles. The minimum absolute atomic E-state index is 0.0384. The summed E-state index contributed by atoms with van der Waals surface area (Å²) in [5, 5.41) is 9.74. The zero-order valence-electron chi connectivity index (χ0n) is 33.8. The van der Waals surface area contributed by atoms with E-state index in [0.29, 0.717) is 0 Å². The SMILES string of the molecule is c1ccc(-c2ccc(-c3cccc(C4N5C(n6c7ccccc7c7cc(-c8ccc9c(c8)c8ccccc8n9-c8ccccc8)ccc76)=NC(c6ccccc6)N45)c3)cc2)cc1. The predicted molar refractivity (Wildman–Crippen MR) is 255 cm³/mol. The van der Waals surface area contributed by atoms with E-state index < -0.39 is 0 Å². The largest absolute Gasteiger partial charge is 0.309 e. The third kappa shape index (κ3) is 5.42. The molecular weight excluding hydrogens is 755 g/mol. The number of rotatable bonds is 6. The Morgan fingerprint density at radius 2 is 0.774 bits per heavy atom. The number of hydrazine groups is 1. The topological polar surface area (TPSA) is 28.2 Å². The quantitative estimate of drug-likeness (QED) is 0.157. The van der Waals surface area contributed by atoms with Gasteiger partial charge in [-0.15, -0.1) is 0 Å². The molecule has 1 saturated heterocycles. The van der Waals surface area contributed by atoms with Crippen LogP contribution in [-0.4, -0.2) is 25.1 Å². The third-order valence-electron chi connectivity index (χ3n) is 12.9. The molecule has 62 heavy (non-hydrogen) atoms. The summed E-state index contributed by atoms with van der Waals surface area (Å²) in [7, 11) is 0. The molecule has 3 atom stereocenters. The van der Waals surface area contributed by atoms with Crippen molar-refractivity contribution in [3.63, 3.8) is 0 Å². The van der Waals surface area contributed by atoms with E-state index in [1.807, 2.05) is 0 Å². The van der Waals surface area contributed by atoms with Gasteiger partial charge in [0.15, 0.2) is 6.17 Å². The van der Waals surface area contributed by atoms with Crippen molar-refractivity contribution in [1.82, 2.24) is 19.2 Å². The molecule has 4 heterocycles. The highest BCUT2D eigenvalue weighted by Gasteiger charge is 2.58. The van der Waals surface area contributed by atoms with Crippen LogP contribution in [-0.2, 0) is 0 Å². The van der Waals surface area contributed by atoms with Crippen LogP contribution in [0.25, 0.3) is 82.7 Å². The van der Waals surface area contributed by atoms with Gasteiger partial charge in [-0.2, -0.15) is 5.01 Å². The van der Waals surface area contributed by atoms with Gasteiger partial charge in [-0.25, -0.2) is 10.0 Å². The first-order chi connectivity index (χ1) is 30.8. The van der Waals surface area contributed by atoms with E-state index in [9.17, 15) is 0 Å². The van der Waals surface area contributed by atoms with Gasteiger partial charge in [0.1, 0.15) is 6.17 Å². The summed E-state index contributed by atoms with van der Waals surface area (Å²) in [5.41, 5.74) is 15.5. The first-order valence-corrected chi connectivity index (χ1v) is 21.4. The molecule has 0 radical (unpaired) electrons. The molecule has 2 aromatic heterocycles. The second-order valence-corrected chi connectivity index (χ2v) is 16.4. The summed E-state index contributed by atoms with van der Waals surface area (Å²) in [6, 6.07) is 81.3. The number of benzene rings is 9. The molecule has 0 N–H and O–H groups in total. The molecular formula is C57H39N5. The second-order valence-electron chi connectivity index (χ2n) is 16.4. The van der Waals surface area contributed by atoms with Crippen LogP contribution in [0.5, 0.6) is 0 Å². The van der Waals surface area contributed by atoms with Crippen LogP contribution in [0.3, 0.4) is 0 Å². The molecule has 2 aliphatic heterocycles. The van der Waals surface area contributed by atoms with E-state index in [4.69, 9.17) is 4.99 Å². The third-order valence-corrected chi connectivity index (χ3v) is 12.9. The minimum atomic E-state index is -0.148. The maximum Gasteiger partial charge on any atom is 0.224 e. The van der Waals surface area contributed by atoms with Crippen molar-refractivity contribution in [3.8, 4) is 39.1 Å². The maximum absolute atomic E-state index is 5.53. The Balaban J connectivity index is 0.908. The van der Waals surface area contributed by atoms with E-state index in [1.165, 1.54) is 82.8 Å². The van der Waals surface area contributed by atoms with E-state index >= 15 is 0 Å². The molecule has 0 amide bonds. The van der Waals surface area contributed by atoms with Gasteiger partial charge in [0.25, 0.3) is 0 Å². The Labute approximate surface area is 359 Å². The van der Waals surface area contributed by atoms with Crippen molar-refractivity contribution in [1.29, 1.82) is 0 Å². The monoisotopic (exact) mass is 793 g/mol. The zero-order chi connectivity index (χ0) is 40.7. The van der Waals surface area contributed by atoms with Gasteiger partial charge in [0, 0.05) is 27.2 Å². The van der Waals surface area contributed by atoms with Crippen LogP contribution in [0.2, 0.25) is 0 Å². The fourth-order valence-electron chi connectivity index (χ4n) is 9.92. The summed E-state index contributed by atoms with van der Waals surface area (Å²) < 4.78 is 4.76. The van der Waals surface area contributed by atoms with Crippen LogP contribution in [0.15, 0.2) is 229 Å². The first kappa shape index (κ1) is 34.8. The second kappa shape index (κ2) is 13.8. The van der Waals surface area contributed by atoms with Gasteiger partial charge in [-0.3, -0.25) is 4.57 Å². The van der Waals surface area contributed by atoms with Crippen molar-refractivity contribution in [2.75, 3.05) is 0 Å². The summed E-state index contributed by atoms with van der Waals surface area (Å²) in [6.45, 7) is 0. The average Bonchev–Trinajstić information content (AvgIpc) is 3.63. The van der Waals surface area contributed by atoms with Crippen LogP contribution in [0.4, 0.5) is 0 Å². The molecule has 0 saturated carbocycles. The molecule has 13 rings (SSSR count). The molecule has 292 valence electrons. The molecule has 0 aliphatic carbocycles. The van der Waals surface area contributed by atoms with Crippen molar-refractivity contribution < 1.29 is 0 Å². The number of hydrogen-bond donors (Lipinski definition) is 0. The van der Waals surface area contributed by atoms with Gasteiger partial charge in [0.2, 0.25) is 5.96 Å². The Hall–Kier alpha value is -7.99. The van der Waals surface area contributed by atoms with Crippen LogP contribution in [0.1, 0.15) is 23.5 Å². The lowest BCUT2D eigenvalue weighted by molar-refractivity contribution is 0.340. The summed E-state index contributed by atoms with van der Waals surface area (Å²) in [5.74, 6) is 0.940. The fraction of sp³-hybridized carbons (Fsp3) is 0.0351. The van der Waals surface area contributed by atoms with Crippen LogP contribution < -0.4 is 0 Å². The number of hydrogen-bond acceptors (Lipinski definition) is 3. The van der Waals surface area contributed by atoms with Gasteiger partial charge < -0.3 is 4.57 Å². The van der Waals surface area contributed by atoms with Crippen molar-refractivity contribution in [2.24, 2.45) is 4.99 Å². The van der Waals surface area contributed by atoms with E-state index in [1.54, 1.807) is 0 Å². The highest BCUT2D eigenvalue weighted by molar-refractivity contribution is 6.16. The van der Waals surface area contributed by atoms with E-state index in [0.717, 1.165) is 17.0 Å². The molecule has 0 spiro atoms. The van der Waals surface area contributed by atoms with Crippen molar-refractivity contribution in [3.05, 3.63) is 236 Å². The van der Waals surface area contributed by atoms with Crippen molar-refractivity contribution in [2.45, 2.75) is 12.3 Å². The van der Waals surface area contributed by atoms with E-state index in [2.05, 4.69) is 244 Å². The highest BCUT2D eigenvalue weighted by Crippen LogP contribution is 2.54. The molecule has 0 bridgehead atoms. The highest BCUT2D eigenvalue weighted by atomic mass is 15.9. The van der Waals surface area contributed by atoms with Gasteiger partial charge in [-0.05, 0) is 99.1 Å².